The van der Waals surface area contributed by atoms with Crippen LogP contribution in [0.2, 0.25) is 0 Å². The standard InChI is InChI=1S/C20H15FN4OS/c1-13-3-2-4-14(11-13)18-17(19(26)23-20-22-9-10-27-20)12-25(24-18)16-7-5-15(21)6-8-16/h2-12H,1H3,(H,22,23,26). The van der Waals surface area contributed by atoms with Gasteiger partial charge in [0, 0.05) is 23.3 Å². The fraction of sp³-hybridized carbons (Fsp3) is 0.0500. The molecule has 134 valence electrons. The molecule has 0 aliphatic rings. The Bertz CT molecular complexity index is 1090. The van der Waals surface area contributed by atoms with E-state index in [0.717, 1.165) is 11.1 Å². The first-order valence-corrected chi connectivity index (χ1v) is 9.11. The van der Waals surface area contributed by atoms with Crippen LogP contribution in [0.1, 0.15) is 15.9 Å². The van der Waals surface area contributed by atoms with Crippen LogP contribution in [0.25, 0.3) is 16.9 Å². The number of nitrogens with zero attached hydrogens (tertiary/aromatic N) is 3. The van der Waals surface area contributed by atoms with E-state index in [-0.39, 0.29) is 11.7 Å². The highest BCUT2D eigenvalue weighted by Gasteiger charge is 2.19. The Morgan fingerprint density at radius 3 is 2.70 bits per heavy atom. The number of nitrogens with one attached hydrogen (secondary N) is 1. The van der Waals surface area contributed by atoms with Crippen molar-refractivity contribution >= 4 is 22.4 Å². The van der Waals surface area contributed by atoms with Gasteiger partial charge < -0.3 is 0 Å². The number of thiazole rings is 1. The number of amides is 1. The second-order valence-electron chi connectivity index (χ2n) is 5.97. The molecule has 0 unspecified atom stereocenters. The Balaban J connectivity index is 1.79. The van der Waals surface area contributed by atoms with E-state index in [2.05, 4.69) is 15.4 Å². The van der Waals surface area contributed by atoms with Crippen molar-refractivity contribution in [1.29, 1.82) is 0 Å². The lowest BCUT2D eigenvalue weighted by molar-refractivity contribution is 0.102. The second-order valence-corrected chi connectivity index (χ2v) is 6.87. The Kier molecular flexibility index (Phi) is 4.52. The van der Waals surface area contributed by atoms with Gasteiger partial charge in [-0.2, -0.15) is 5.10 Å². The lowest BCUT2D eigenvalue weighted by atomic mass is 10.1. The molecule has 2 heterocycles. The molecule has 4 aromatic rings. The number of anilines is 1. The lowest BCUT2D eigenvalue weighted by Crippen LogP contribution is -2.12. The van der Waals surface area contributed by atoms with E-state index in [0.29, 0.717) is 22.1 Å². The molecule has 0 aliphatic carbocycles. The maximum atomic E-state index is 13.2. The summed E-state index contributed by atoms with van der Waals surface area (Å²) in [6, 6.07) is 13.7. The summed E-state index contributed by atoms with van der Waals surface area (Å²) in [5, 5.41) is 9.69. The molecule has 0 radical (unpaired) electrons. The molecule has 0 spiro atoms. The number of hydrogen-bond donors (Lipinski definition) is 1. The first-order valence-electron chi connectivity index (χ1n) is 8.23. The number of aromatic nitrogens is 3. The van der Waals surface area contributed by atoms with E-state index in [9.17, 15) is 9.18 Å². The van der Waals surface area contributed by atoms with Gasteiger partial charge in [-0.1, -0.05) is 23.8 Å². The van der Waals surface area contributed by atoms with Crippen LogP contribution in [0.4, 0.5) is 9.52 Å². The minimum atomic E-state index is -0.327. The Morgan fingerprint density at radius 1 is 1.19 bits per heavy atom. The number of aryl methyl sites for hydroxylation is 1. The number of halogens is 1. The third-order valence-electron chi connectivity index (χ3n) is 3.99. The van der Waals surface area contributed by atoms with Crippen molar-refractivity contribution in [3.05, 3.63) is 83.2 Å². The van der Waals surface area contributed by atoms with E-state index in [1.54, 1.807) is 34.6 Å². The molecule has 1 N–H and O–H groups in total. The number of carbonyl (C=O) groups excluding carboxylic acids is 1. The third kappa shape index (κ3) is 3.63. The van der Waals surface area contributed by atoms with Gasteiger partial charge in [0.25, 0.3) is 5.91 Å². The van der Waals surface area contributed by atoms with Gasteiger partial charge >= 0.3 is 0 Å². The summed E-state index contributed by atoms with van der Waals surface area (Å²) in [4.78, 5) is 16.9. The fourth-order valence-electron chi connectivity index (χ4n) is 2.72. The normalized spacial score (nSPS) is 10.7. The van der Waals surface area contributed by atoms with E-state index in [1.165, 1.54) is 23.5 Å². The smallest absolute Gasteiger partial charge is 0.261 e. The third-order valence-corrected chi connectivity index (χ3v) is 4.68. The monoisotopic (exact) mass is 378 g/mol. The Labute approximate surface area is 159 Å². The predicted molar refractivity (Wildman–Crippen MR) is 104 cm³/mol. The number of benzene rings is 2. The van der Waals surface area contributed by atoms with Crippen LogP contribution in [-0.4, -0.2) is 20.7 Å². The average Bonchev–Trinajstić information content (AvgIpc) is 3.32. The molecule has 7 heteroatoms. The van der Waals surface area contributed by atoms with Gasteiger partial charge in [-0.05, 0) is 37.3 Å². The van der Waals surface area contributed by atoms with Gasteiger partial charge in [-0.3, -0.25) is 10.1 Å². The summed E-state index contributed by atoms with van der Waals surface area (Å²) in [6.07, 6.45) is 3.28. The topological polar surface area (TPSA) is 59.8 Å². The Morgan fingerprint density at radius 2 is 2.00 bits per heavy atom. The number of hydrogen-bond acceptors (Lipinski definition) is 4. The van der Waals surface area contributed by atoms with Crippen molar-refractivity contribution in [3.8, 4) is 16.9 Å². The second kappa shape index (κ2) is 7.13. The molecular formula is C20H15FN4OS. The highest BCUT2D eigenvalue weighted by Crippen LogP contribution is 2.26. The van der Waals surface area contributed by atoms with Crippen molar-refractivity contribution in [2.45, 2.75) is 6.92 Å². The van der Waals surface area contributed by atoms with Crippen LogP contribution >= 0.6 is 11.3 Å². The van der Waals surface area contributed by atoms with Gasteiger partial charge in [-0.25, -0.2) is 14.1 Å². The first-order chi connectivity index (χ1) is 13.1. The summed E-state index contributed by atoms with van der Waals surface area (Å²) in [5.41, 5.74) is 3.53. The summed E-state index contributed by atoms with van der Waals surface area (Å²) in [6.45, 7) is 1.98. The molecule has 27 heavy (non-hydrogen) atoms. The minimum absolute atomic E-state index is 0.296. The van der Waals surface area contributed by atoms with E-state index in [4.69, 9.17) is 0 Å². The Hall–Kier alpha value is -3.32. The molecule has 5 nitrogen and oxygen atoms in total. The molecule has 2 aromatic heterocycles. The number of carbonyl (C=O) groups is 1. The van der Waals surface area contributed by atoms with Gasteiger partial charge in [0.2, 0.25) is 0 Å². The van der Waals surface area contributed by atoms with Crippen molar-refractivity contribution in [2.75, 3.05) is 5.32 Å². The van der Waals surface area contributed by atoms with Crippen molar-refractivity contribution in [1.82, 2.24) is 14.8 Å². The maximum Gasteiger partial charge on any atom is 0.261 e. The van der Waals surface area contributed by atoms with Crippen LogP contribution in [0.5, 0.6) is 0 Å². The van der Waals surface area contributed by atoms with Crippen molar-refractivity contribution < 1.29 is 9.18 Å². The summed E-state index contributed by atoms with van der Waals surface area (Å²) in [5.74, 6) is -0.624. The molecule has 0 atom stereocenters. The van der Waals surface area contributed by atoms with E-state index in [1.807, 2.05) is 31.2 Å². The zero-order valence-electron chi connectivity index (χ0n) is 14.4. The molecule has 0 saturated carbocycles. The van der Waals surface area contributed by atoms with Gasteiger partial charge in [0.1, 0.15) is 11.5 Å². The molecule has 0 saturated heterocycles. The van der Waals surface area contributed by atoms with E-state index < -0.39 is 0 Å². The fourth-order valence-corrected chi connectivity index (χ4v) is 3.25. The highest BCUT2D eigenvalue weighted by molar-refractivity contribution is 7.13. The highest BCUT2D eigenvalue weighted by atomic mass is 32.1. The zero-order valence-corrected chi connectivity index (χ0v) is 15.2. The summed E-state index contributed by atoms with van der Waals surface area (Å²) >= 11 is 1.34. The summed E-state index contributed by atoms with van der Waals surface area (Å²) < 4.78 is 14.8. The summed E-state index contributed by atoms with van der Waals surface area (Å²) in [7, 11) is 0. The molecule has 0 fully saturated rings. The zero-order chi connectivity index (χ0) is 18.8. The molecule has 1 amide bonds. The van der Waals surface area contributed by atoms with Crippen LogP contribution in [0.15, 0.2) is 66.3 Å². The maximum absolute atomic E-state index is 13.2. The quantitative estimate of drug-likeness (QED) is 0.560. The lowest BCUT2D eigenvalue weighted by Gasteiger charge is -2.03. The molecule has 4 rings (SSSR count). The van der Waals surface area contributed by atoms with Crippen LogP contribution < -0.4 is 5.32 Å². The predicted octanol–water partition coefficient (Wildman–Crippen LogP) is 4.70. The number of rotatable bonds is 4. The van der Waals surface area contributed by atoms with Crippen molar-refractivity contribution in [3.63, 3.8) is 0 Å². The van der Waals surface area contributed by atoms with Crippen LogP contribution in [0.3, 0.4) is 0 Å². The molecule has 0 aliphatic heterocycles. The minimum Gasteiger partial charge on any atom is -0.298 e. The average molecular weight is 378 g/mol. The first kappa shape index (κ1) is 17.1. The van der Waals surface area contributed by atoms with Gasteiger partial charge in [0.05, 0.1) is 11.3 Å². The molecular weight excluding hydrogens is 363 g/mol. The molecule has 2 aromatic carbocycles. The molecule has 0 bridgehead atoms. The van der Waals surface area contributed by atoms with Crippen LogP contribution in [-0.2, 0) is 0 Å². The van der Waals surface area contributed by atoms with Gasteiger partial charge in [0.15, 0.2) is 5.13 Å². The largest absolute Gasteiger partial charge is 0.298 e. The van der Waals surface area contributed by atoms with E-state index >= 15 is 0 Å². The SMILES string of the molecule is Cc1cccc(-c2nn(-c3ccc(F)cc3)cc2C(=O)Nc2nccs2)c1. The van der Waals surface area contributed by atoms with Crippen LogP contribution in [0, 0.1) is 12.7 Å². The van der Waals surface area contributed by atoms with Crippen molar-refractivity contribution in [2.24, 2.45) is 0 Å². The van der Waals surface area contributed by atoms with Gasteiger partial charge in [-0.15, -0.1) is 11.3 Å².